The number of hydrogen-bond donors (Lipinski definition) is 1. The number of ether oxygens (including phenoxy) is 1. The number of allylic oxidation sites excluding steroid dienone is 1. The van der Waals surface area contributed by atoms with Crippen LogP contribution in [0.25, 0.3) is 6.08 Å². The van der Waals surface area contributed by atoms with Crippen LogP contribution in [0.1, 0.15) is 18.4 Å². The normalized spacial score (nSPS) is 20.6. The van der Waals surface area contributed by atoms with Crippen LogP contribution in [-0.2, 0) is 9.53 Å². The molecule has 5 nitrogen and oxygen atoms in total. The average Bonchev–Trinajstić information content (AvgIpc) is 2.62. The van der Waals surface area contributed by atoms with E-state index in [1.54, 1.807) is 6.07 Å². The van der Waals surface area contributed by atoms with Crippen molar-refractivity contribution in [1.82, 2.24) is 9.80 Å². The van der Waals surface area contributed by atoms with E-state index in [2.05, 4.69) is 11.0 Å². The second-order valence-corrected chi connectivity index (χ2v) is 6.52. The number of likely N-dealkylation sites (tertiary alicyclic amines) is 1. The molecule has 0 bridgehead atoms. The Kier molecular flexibility index (Phi) is 5.88. The summed E-state index contributed by atoms with van der Waals surface area (Å²) in [5.41, 5.74) is 0.850. The van der Waals surface area contributed by atoms with Crippen LogP contribution < -0.4 is 0 Å². The monoisotopic (exact) mass is 330 g/mol. The fraction of sp³-hybridized carbons (Fsp3) is 0.526. The Morgan fingerprint density at radius 1 is 1.17 bits per heavy atom. The molecule has 1 amide bonds. The minimum absolute atomic E-state index is 0.236. The third kappa shape index (κ3) is 4.58. The number of rotatable bonds is 4. The molecule has 130 valence electrons. The van der Waals surface area contributed by atoms with Crippen LogP contribution >= 0.6 is 0 Å². The molecule has 0 atom stereocenters. The lowest BCUT2D eigenvalue weighted by atomic mass is 9.95. The fourth-order valence-corrected chi connectivity index (χ4v) is 3.26. The van der Waals surface area contributed by atoms with Gasteiger partial charge in [0.2, 0.25) is 5.91 Å². The third-order valence-corrected chi connectivity index (χ3v) is 4.84. The van der Waals surface area contributed by atoms with Crippen molar-refractivity contribution in [3.63, 3.8) is 0 Å². The summed E-state index contributed by atoms with van der Waals surface area (Å²) in [5, 5.41) is 9.79. The van der Waals surface area contributed by atoms with Crippen molar-refractivity contribution in [2.75, 3.05) is 45.9 Å². The predicted octanol–water partition coefficient (Wildman–Crippen LogP) is 1.98. The molecular weight excluding hydrogens is 304 g/mol. The minimum Gasteiger partial charge on any atom is -0.507 e. The van der Waals surface area contributed by atoms with E-state index in [4.69, 9.17) is 4.74 Å². The molecular formula is C19H26N2O3. The van der Waals surface area contributed by atoms with Crippen LogP contribution in [0, 0.1) is 5.92 Å². The maximum Gasteiger partial charge on any atom is 0.236 e. The molecule has 24 heavy (non-hydrogen) atoms. The molecule has 0 unspecified atom stereocenters. The quantitative estimate of drug-likeness (QED) is 0.917. The number of nitrogens with zero attached hydrogens (tertiary/aromatic N) is 2. The molecule has 0 radical (unpaired) electrons. The lowest BCUT2D eigenvalue weighted by Crippen LogP contribution is -2.46. The van der Waals surface area contributed by atoms with Crippen molar-refractivity contribution in [1.29, 1.82) is 0 Å². The molecule has 0 aliphatic carbocycles. The molecule has 0 spiro atoms. The molecule has 2 aliphatic heterocycles. The molecule has 0 saturated carbocycles. The lowest BCUT2D eigenvalue weighted by Gasteiger charge is -2.33. The molecule has 2 saturated heterocycles. The zero-order valence-electron chi connectivity index (χ0n) is 14.1. The van der Waals surface area contributed by atoms with Crippen molar-refractivity contribution < 1.29 is 14.6 Å². The van der Waals surface area contributed by atoms with Gasteiger partial charge in [0.1, 0.15) is 5.75 Å². The predicted molar refractivity (Wildman–Crippen MR) is 93.7 cm³/mol. The Balaban J connectivity index is 1.45. The average molecular weight is 330 g/mol. The van der Waals surface area contributed by atoms with Gasteiger partial charge < -0.3 is 14.7 Å². The molecule has 1 aromatic rings. The van der Waals surface area contributed by atoms with E-state index in [1.807, 2.05) is 29.2 Å². The molecule has 0 aromatic heterocycles. The van der Waals surface area contributed by atoms with Gasteiger partial charge in [0.15, 0.2) is 0 Å². The number of carbonyl (C=O) groups excluding carboxylic acids is 1. The van der Waals surface area contributed by atoms with E-state index in [1.165, 1.54) is 0 Å². The van der Waals surface area contributed by atoms with Crippen LogP contribution in [0.15, 0.2) is 30.3 Å². The van der Waals surface area contributed by atoms with E-state index in [-0.39, 0.29) is 5.91 Å². The van der Waals surface area contributed by atoms with E-state index in [9.17, 15) is 9.90 Å². The van der Waals surface area contributed by atoms with E-state index < -0.39 is 0 Å². The Morgan fingerprint density at radius 2 is 1.88 bits per heavy atom. The lowest BCUT2D eigenvalue weighted by molar-refractivity contribution is -0.134. The Hall–Kier alpha value is -1.85. The van der Waals surface area contributed by atoms with Gasteiger partial charge in [-0.05, 0) is 24.8 Å². The van der Waals surface area contributed by atoms with Gasteiger partial charge in [-0.15, -0.1) is 0 Å². The van der Waals surface area contributed by atoms with E-state index >= 15 is 0 Å². The number of benzene rings is 1. The van der Waals surface area contributed by atoms with E-state index in [0.717, 1.165) is 57.8 Å². The number of aromatic hydroxyl groups is 1. The summed E-state index contributed by atoms with van der Waals surface area (Å²) in [6, 6.07) is 7.36. The van der Waals surface area contributed by atoms with Crippen molar-refractivity contribution in [2.24, 2.45) is 5.92 Å². The Bertz CT molecular complexity index is 574. The highest BCUT2D eigenvalue weighted by atomic mass is 16.5. The highest BCUT2D eigenvalue weighted by Crippen LogP contribution is 2.22. The van der Waals surface area contributed by atoms with E-state index in [0.29, 0.717) is 18.2 Å². The summed E-state index contributed by atoms with van der Waals surface area (Å²) in [5.74, 6) is 1.02. The number of para-hydroxylation sites is 1. The number of carbonyl (C=O) groups is 1. The zero-order chi connectivity index (χ0) is 16.8. The number of phenols is 1. The summed E-state index contributed by atoms with van der Waals surface area (Å²) in [6.45, 7) is 5.32. The standard InChI is InChI=1S/C19H26N2O3/c22-18-4-2-1-3-17(18)6-5-16-7-9-21(10-8-16)19(23)15-20-11-13-24-14-12-20/h1-6,16,22H,7-15H2. The number of morpholine rings is 1. The summed E-state index contributed by atoms with van der Waals surface area (Å²) < 4.78 is 5.32. The minimum atomic E-state index is 0.236. The Morgan fingerprint density at radius 3 is 2.58 bits per heavy atom. The summed E-state index contributed by atoms with van der Waals surface area (Å²) in [7, 11) is 0. The van der Waals surface area contributed by atoms with Crippen LogP contribution in [-0.4, -0.2) is 66.8 Å². The molecule has 2 fully saturated rings. The molecule has 2 heterocycles. The highest BCUT2D eigenvalue weighted by molar-refractivity contribution is 5.78. The first-order chi connectivity index (χ1) is 11.7. The second-order valence-electron chi connectivity index (χ2n) is 6.52. The van der Waals surface area contributed by atoms with Crippen LogP contribution in [0.2, 0.25) is 0 Å². The van der Waals surface area contributed by atoms with Gasteiger partial charge in [-0.2, -0.15) is 0 Å². The van der Waals surface area contributed by atoms with Crippen molar-refractivity contribution in [3.8, 4) is 5.75 Å². The first-order valence-electron chi connectivity index (χ1n) is 8.76. The van der Waals surface area contributed by atoms with Gasteiger partial charge >= 0.3 is 0 Å². The first-order valence-corrected chi connectivity index (χ1v) is 8.76. The number of hydrogen-bond acceptors (Lipinski definition) is 4. The van der Waals surface area contributed by atoms with Crippen molar-refractivity contribution in [2.45, 2.75) is 12.8 Å². The van der Waals surface area contributed by atoms with Gasteiger partial charge in [-0.3, -0.25) is 9.69 Å². The summed E-state index contributed by atoms with van der Waals surface area (Å²) >= 11 is 0. The molecule has 1 aromatic carbocycles. The van der Waals surface area contributed by atoms with Crippen LogP contribution in [0.3, 0.4) is 0 Å². The van der Waals surface area contributed by atoms with Crippen LogP contribution in [0.5, 0.6) is 5.75 Å². The molecule has 1 N–H and O–H groups in total. The summed E-state index contributed by atoms with van der Waals surface area (Å²) in [6.07, 6.45) is 6.13. The largest absolute Gasteiger partial charge is 0.507 e. The number of piperidine rings is 1. The molecule has 3 rings (SSSR count). The smallest absolute Gasteiger partial charge is 0.236 e. The van der Waals surface area contributed by atoms with Crippen molar-refractivity contribution >= 4 is 12.0 Å². The highest BCUT2D eigenvalue weighted by Gasteiger charge is 2.23. The summed E-state index contributed by atoms with van der Waals surface area (Å²) in [4.78, 5) is 16.6. The van der Waals surface area contributed by atoms with Gasteiger partial charge in [0.05, 0.1) is 19.8 Å². The Labute approximate surface area is 143 Å². The van der Waals surface area contributed by atoms with Crippen LogP contribution in [0.4, 0.5) is 0 Å². The molecule has 2 aliphatic rings. The topological polar surface area (TPSA) is 53.0 Å². The van der Waals surface area contributed by atoms with Gasteiger partial charge in [0, 0.05) is 31.7 Å². The fourth-order valence-electron chi connectivity index (χ4n) is 3.26. The number of phenolic OH excluding ortho intramolecular Hbond substituents is 1. The third-order valence-electron chi connectivity index (χ3n) is 4.84. The first kappa shape index (κ1) is 17.0. The van der Waals surface area contributed by atoms with Gasteiger partial charge in [0.25, 0.3) is 0 Å². The van der Waals surface area contributed by atoms with Gasteiger partial charge in [-0.1, -0.05) is 30.4 Å². The SMILES string of the molecule is O=C(CN1CCOCC1)N1CCC(C=Cc2ccccc2O)CC1. The second kappa shape index (κ2) is 8.31. The van der Waals surface area contributed by atoms with Crippen molar-refractivity contribution in [3.05, 3.63) is 35.9 Å². The number of amides is 1. The zero-order valence-corrected chi connectivity index (χ0v) is 14.1. The van der Waals surface area contributed by atoms with Gasteiger partial charge in [-0.25, -0.2) is 0 Å². The molecule has 5 heteroatoms. The maximum atomic E-state index is 12.4. The maximum absolute atomic E-state index is 12.4.